The predicted molar refractivity (Wildman–Crippen MR) is 145 cm³/mol. The minimum Gasteiger partial charge on any atom is -0.493 e. The minimum absolute atomic E-state index is 0.0196. The van der Waals surface area contributed by atoms with E-state index in [2.05, 4.69) is 11.3 Å². The quantitative estimate of drug-likeness (QED) is 0.143. The number of carbonyl (C=O) groups excluding carboxylic acids is 3. The molecule has 0 spiro atoms. The lowest BCUT2D eigenvalue weighted by Gasteiger charge is -2.11. The first kappa shape index (κ1) is 29.0. The fourth-order valence-electron chi connectivity index (χ4n) is 4.43. The van der Waals surface area contributed by atoms with Crippen molar-refractivity contribution in [3.63, 3.8) is 0 Å². The molecule has 0 saturated heterocycles. The Labute approximate surface area is 235 Å². The largest absolute Gasteiger partial charge is 0.493 e. The predicted octanol–water partition coefficient (Wildman–Crippen LogP) is 5.31. The van der Waals surface area contributed by atoms with Gasteiger partial charge >= 0.3 is 23.9 Å². The topological polar surface area (TPSA) is 125 Å². The standard InChI is InChI=1S/C31H27FO9/c1-17(13-28(33)38-3)30(36)40-12-4-11-39-20-6-9-22-23-10-7-21(16-26(23)18(2)25(22)15-20)41-31(37)19-5-8-24(29(34)35)27(32)14-19/h5-10,14-16,18H,1,4,11-13H2,2-3H3,(H,34,35). The van der Waals surface area contributed by atoms with E-state index in [1.807, 2.05) is 31.2 Å². The van der Waals surface area contributed by atoms with Crippen LogP contribution in [0.4, 0.5) is 4.39 Å². The van der Waals surface area contributed by atoms with Gasteiger partial charge in [0.1, 0.15) is 17.3 Å². The second-order valence-electron chi connectivity index (χ2n) is 9.30. The van der Waals surface area contributed by atoms with Gasteiger partial charge in [-0.25, -0.2) is 18.8 Å². The third kappa shape index (κ3) is 6.60. The minimum atomic E-state index is -1.43. The van der Waals surface area contributed by atoms with Crippen LogP contribution < -0.4 is 9.47 Å². The number of methoxy groups -OCH3 is 1. The number of aromatic carboxylic acids is 1. The second-order valence-corrected chi connectivity index (χ2v) is 9.30. The number of carbonyl (C=O) groups is 4. The maximum atomic E-state index is 14.0. The summed E-state index contributed by atoms with van der Waals surface area (Å²) in [5.41, 5.74) is 3.35. The lowest BCUT2D eigenvalue weighted by atomic mass is 9.99. The average Bonchev–Trinajstić information content (AvgIpc) is 3.22. The number of hydrogen-bond acceptors (Lipinski definition) is 8. The molecule has 0 amide bonds. The zero-order chi connectivity index (χ0) is 29.7. The van der Waals surface area contributed by atoms with Crippen LogP contribution >= 0.6 is 0 Å². The zero-order valence-electron chi connectivity index (χ0n) is 22.4. The molecule has 9 nitrogen and oxygen atoms in total. The molecule has 0 aromatic heterocycles. The van der Waals surface area contributed by atoms with Crippen molar-refractivity contribution in [2.24, 2.45) is 0 Å². The van der Waals surface area contributed by atoms with E-state index in [1.54, 1.807) is 12.1 Å². The molecule has 1 unspecified atom stereocenters. The Morgan fingerprint density at radius 2 is 1.59 bits per heavy atom. The number of ether oxygens (including phenoxy) is 4. The Morgan fingerprint density at radius 1 is 0.927 bits per heavy atom. The SMILES string of the molecule is C=C(CC(=O)OC)C(=O)OCCCOc1ccc2c(c1)C(C)c1cc(OC(=O)c3ccc(C(=O)O)c(F)c3)ccc1-2. The molecule has 0 saturated carbocycles. The van der Waals surface area contributed by atoms with Gasteiger partial charge in [-0.1, -0.05) is 25.6 Å². The molecule has 4 rings (SSSR count). The number of hydrogen-bond donors (Lipinski definition) is 1. The van der Waals surface area contributed by atoms with Gasteiger partial charge in [-0.2, -0.15) is 0 Å². The first-order valence-corrected chi connectivity index (χ1v) is 12.7. The highest BCUT2D eigenvalue weighted by Crippen LogP contribution is 2.47. The summed E-state index contributed by atoms with van der Waals surface area (Å²) in [6, 6.07) is 14.0. The van der Waals surface area contributed by atoms with Crippen LogP contribution in [0.25, 0.3) is 11.1 Å². The van der Waals surface area contributed by atoms with Crippen LogP contribution in [0.15, 0.2) is 66.7 Å². The maximum Gasteiger partial charge on any atom is 0.343 e. The summed E-state index contributed by atoms with van der Waals surface area (Å²) in [7, 11) is 1.23. The molecule has 3 aromatic rings. The van der Waals surface area contributed by atoms with Gasteiger partial charge in [0.25, 0.3) is 0 Å². The number of carboxylic acid groups (broad SMARTS) is 1. The highest BCUT2D eigenvalue weighted by atomic mass is 19.1. The van der Waals surface area contributed by atoms with E-state index in [0.29, 0.717) is 18.8 Å². The van der Waals surface area contributed by atoms with Crippen molar-refractivity contribution in [3.05, 3.63) is 94.8 Å². The maximum absolute atomic E-state index is 14.0. The Balaban J connectivity index is 1.34. The molecular formula is C31H27FO9. The van der Waals surface area contributed by atoms with E-state index in [4.69, 9.17) is 19.3 Å². The van der Waals surface area contributed by atoms with Gasteiger partial charge in [-0.3, -0.25) is 4.79 Å². The molecule has 10 heteroatoms. The molecule has 0 bridgehead atoms. The molecule has 1 N–H and O–H groups in total. The Hall–Kier alpha value is -4.99. The van der Waals surface area contributed by atoms with Gasteiger partial charge in [0, 0.05) is 17.9 Å². The van der Waals surface area contributed by atoms with E-state index in [-0.39, 0.29) is 35.8 Å². The van der Waals surface area contributed by atoms with Crippen molar-refractivity contribution < 1.29 is 47.6 Å². The summed E-state index contributed by atoms with van der Waals surface area (Å²) in [6.45, 7) is 5.94. The van der Waals surface area contributed by atoms with Crippen LogP contribution in [0.2, 0.25) is 0 Å². The van der Waals surface area contributed by atoms with E-state index in [0.717, 1.165) is 34.4 Å². The second kappa shape index (κ2) is 12.5. The number of carboxylic acids is 1. The van der Waals surface area contributed by atoms with Crippen LogP contribution in [0.1, 0.15) is 57.5 Å². The molecule has 212 valence electrons. The molecule has 1 atom stereocenters. The van der Waals surface area contributed by atoms with Crippen LogP contribution in [-0.4, -0.2) is 49.3 Å². The summed E-state index contributed by atoms with van der Waals surface area (Å²) in [6.07, 6.45) is 0.204. The molecule has 0 aliphatic heterocycles. The number of esters is 3. The van der Waals surface area contributed by atoms with E-state index >= 15 is 0 Å². The first-order valence-electron chi connectivity index (χ1n) is 12.7. The van der Waals surface area contributed by atoms with Gasteiger partial charge in [0.2, 0.25) is 0 Å². The van der Waals surface area contributed by atoms with Gasteiger partial charge in [-0.15, -0.1) is 0 Å². The molecule has 1 aliphatic carbocycles. The summed E-state index contributed by atoms with van der Waals surface area (Å²) < 4.78 is 34.9. The summed E-state index contributed by atoms with van der Waals surface area (Å²) in [4.78, 5) is 46.7. The molecule has 3 aromatic carbocycles. The normalized spacial score (nSPS) is 13.0. The zero-order valence-corrected chi connectivity index (χ0v) is 22.4. The molecule has 0 radical (unpaired) electrons. The fourth-order valence-corrected chi connectivity index (χ4v) is 4.43. The van der Waals surface area contributed by atoms with Crippen molar-refractivity contribution in [2.45, 2.75) is 25.7 Å². The Morgan fingerprint density at radius 3 is 2.22 bits per heavy atom. The third-order valence-corrected chi connectivity index (χ3v) is 6.58. The summed E-state index contributed by atoms with van der Waals surface area (Å²) in [5, 5.41) is 8.97. The molecule has 0 heterocycles. The summed E-state index contributed by atoms with van der Waals surface area (Å²) in [5.74, 6) is -3.60. The highest BCUT2D eigenvalue weighted by Gasteiger charge is 2.27. The van der Waals surface area contributed by atoms with Crippen molar-refractivity contribution in [2.75, 3.05) is 20.3 Å². The van der Waals surface area contributed by atoms with Gasteiger partial charge in [-0.05, 0) is 64.7 Å². The van der Waals surface area contributed by atoms with Crippen LogP contribution in [0, 0.1) is 5.82 Å². The van der Waals surface area contributed by atoms with E-state index < -0.39 is 35.3 Å². The number of fused-ring (bicyclic) bond motifs is 3. The third-order valence-electron chi connectivity index (χ3n) is 6.58. The smallest absolute Gasteiger partial charge is 0.343 e. The number of rotatable bonds is 11. The van der Waals surface area contributed by atoms with Crippen molar-refractivity contribution in [1.82, 2.24) is 0 Å². The fraction of sp³-hybridized carbons (Fsp3) is 0.226. The van der Waals surface area contributed by atoms with Crippen molar-refractivity contribution >= 4 is 23.9 Å². The highest BCUT2D eigenvalue weighted by molar-refractivity contribution is 5.94. The van der Waals surface area contributed by atoms with Crippen LogP contribution in [-0.2, 0) is 19.1 Å². The lowest BCUT2D eigenvalue weighted by Crippen LogP contribution is -2.13. The molecule has 41 heavy (non-hydrogen) atoms. The first-order chi connectivity index (χ1) is 19.6. The number of benzene rings is 3. The van der Waals surface area contributed by atoms with E-state index in [9.17, 15) is 23.6 Å². The van der Waals surface area contributed by atoms with Gasteiger partial charge in [0.05, 0.1) is 37.9 Å². The van der Waals surface area contributed by atoms with Gasteiger partial charge in [0.15, 0.2) is 0 Å². The van der Waals surface area contributed by atoms with Crippen LogP contribution in [0.5, 0.6) is 11.5 Å². The van der Waals surface area contributed by atoms with Crippen LogP contribution in [0.3, 0.4) is 0 Å². The number of halogens is 1. The van der Waals surface area contributed by atoms with Crippen molar-refractivity contribution in [1.29, 1.82) is 0 Å². The lowest BCUT2D eigenvalue weighted by molar-refractivity contribution is -0.144. The van der Waals surface area contributed by atoms with Crippen molar-refractivity contribution in [3.8, 4) is 22.6 Å². The molecule has 1 aliphatic rings. The van der Waals surface area contributed by atoms with Gasteiger partial charge < -0.3 is 24.1 Å². The molecular weight excluding hydrogens is 535 g/mol. The van der Waals surface area contributed by atoms with E-state index in [1.165, 1.54) is 13.2 Å². The average molecular weight is 563 g/mol. The Bertz CT molecular complexity index is 1540. The summed E-state index contributed by atoms with van der Waals surface area (Å²) >= 11 is 0. The molecule has 0 fully saturated rings. The Kier molecular flexibility index (Phi) is 8.81. The monoisotopic (exact) mass is 562 g/mol.